The van der Waals surface area contributed by atoms with E-state index in [0.29, 0.717) is 18.8 Å². The van der Waals surface area contributed by atoms with Gasteiger partial charge in [0.15, 0.2) is 0 Å². The molecule has 5 rings (SSSR count). The minimum absolute atomic E-state index is 0.0187. The summed E-state index contributed by atoms with van der Waals surface area (Å²) in [5, 5.41) is 0. The van der Waals surface area contributed by atoms with Gasteiger partial charge in [-0.2, -0.15) is 0 Å². The number of anilines is 1. The van der Waals surface area contributed by atoms with Gasteiger partial charge in [-0.05, 0) is 73.5 Å². The number of fused-ring (bicyclic) bond motifs is 1. The first-order valence-electron chi connectivity index (χ1n) is 12.1. The lowest BCUT2D eigenvalue weighted by Gasteiger charge is -2.31. The molecule has 2 saturated heterocycles. The van der Waals surface area contributed by atoms with Crippen molar-refractivity contribution >= 4 is 33.5 Å². The lowest BCUT2D eigenvalue weighted by atomic mass is 9.83. The molecule has 2 heterocycles. The van der Waals surface area contributed by atoms with Gasteiger partial charge in [0, 0.05) is 16.1 Å². The van der Waals surface area contributed by atoms with E-state index in [9.17, 15) is 9.59 Å². The summed E-state index contributed by atoms with van der Waals surface area (Å²) < 4.78 is 11.7. The molecule has 8 heteroatoms. The molecular weight excluding hydrogens is 522 g/mol. The van der Waals surface area contributed by atoms with Gasteiger partial charge in [0.25, 0.3) is 0 Å². The third kappa shape index (κ3) is 4.52. The van der Waals surface area contributed by atoms with Crippen LogP contribution in [0, 0.1) is 5.92 Å². The fourth-order valence-electron chi connectivity index (χ4n) is 5.18. The molecule has 2 N–H and O–H groups in total. The van der Waals surface area contributed by atoms with Crippen LogP contribution < -0.4 is 20.5 Å². The van der Waals surface area contributed by atoms with E-state index >= 15 is 0 Å². The zero-order valence-corrected chi connectivity index (χ0v) is 21.7. The zero-order valence-electron chi connectivity index (χ0n) is 20.1. The number of amides is 1. The number of carbonyl (C=O) groups is 2. The Kier molecular flexibility index (Phi) is 7.09. The molecular formula is C28H28BrN3O4. The number of esters is 1. The maximum Gasteiger partial charge on any atom is 0.338 e. The first kappa shape index (κ1) is 24.5. The Morgan fingerprint density at radius 1 is 0.917 bits per heavy atom. The molecule has 0 radical (unpaired) electrons. The Morgan fingerprint density at radius 3 is 2.31 bits per heavy atom. The molecule has 3 aromatic rings. The van der Waals surface area contributed by atoms with E-state index < -0.39 is 6.04 Å². The van der Waals surface area contributed by atoms with Crippen molar-refractivity contribution in [1.29, 1.82) is 0 Å². The number of carbonyl (C=O) groups excluding carboxylic acids is 2. The van der Waals surface area contributed by atoms with Crippen LogP contribution in [0.5, 0.6) is 5.75 Å². The summed E-state index contributed by atoms with van der Waals surface area (Å²) in [4.78, 5) is 27.8. The van der Waals surface area contributed by atoms with E-state index in [1.807, 2.05) is 60.4 Å². The lowest BCUT2D eigenvalue weighted by molar-refractivity contribution is -0.119. The molecule has 2 aliphatic rings. The molecule has 0 aromatic heterocycles. The quantitative estimate of drug-likeness (QED) is 0.406. The van der Waals surface area contributed by atoms with Crippen molar-refractivity contribution in [2.75, 3.05) is 18.1 Å². The minimum Gasteiger partial charge on any atom is -0.494 e. The van der Waals surface area contributed by atoms with Crippen molar-refractivity contribution in [2.45, 2.75) is 32.0 Å². The van der Waals surface area contributed by atoms with E-state index in [0.717, 1.165) is 27.0 Å². The van der Waals surface area contributed by atoms with Gasteiger partial charge in [0.05, 0.1) is 30.9 Å². The number of ether oxygens (including phenoxy) is 2. The largest absolute Gasteiger partial charge is 0.494 e. The van der Waals surface area contributed by atoms with Crippen LogP contribution in [0.25, 0.3) is 0 Å². The molecule has 0 spiro atoms. The molecule has 2 aliphatic heterocycles. The van der Waals surface area contributed by atoms with Crippen molar-refractivity contribution < 1.29 is 19.1 Å². The molecule has 36 heavy (non-hydrogen) atoms. The van der Waals surface area contributed by atoms with Crippen LogP contribution in [0.3, 0.4) is 0 Å². The van der Waals surface area contributed by atoms with Crippen LogP contribution in [-0.2, 0) is 9.53 Å². The number of rotatable bonds is 7. The van der Waals surface area contributed by atoms with Gasteiger partial charge in [-0.15, -0.1) is 0 Å². The van der Waals surface area contributed by atoms with Crippen molar-refractivity contribution in [3.63, 3.8) is 0 Å². The molecule has 2 fully saturated rings. The van der Waals surface area contributed by atoms with E-state index in [1.54, 1.807) is 19.1 Å². The van der Waals surface area contributed by atoms with E-state index in [2.05, 4.69) is 38.9 Å². The van der Waals surface area contributed by atoms with Gasteiger partial charge in [-0.25, -0.2) is 15.6 Å². The lowest BCUT2D eigenvalue weighted by Crippen LogP contribution is -2.41. The first-order chi connectivity index (χ1) is 17.5. The van der Waals surface area contributed by atoms with Crippen LogP contribution in [0.4, 0.5) is 5.69 Å². The highest BCUT2D eigenvalue weighted by Gasteiger charge is 2.56. The van der Waals surface area contributed by atoms with Gasteiger partial charge in [-0.3, -0.25) is 4.79 Å². The average Bonchev–Trinajstić information content (AvgIpc) is 3.44. The number of hydrogen-bond acceptors (Lipinski definition) is 6. The van der Waals surface area contributed by atoms with Crippen LogP contribution >= 0.6 is 15.9 Å². The minimum atomic E-state index is -0.407. The Balaban J connectivity index is 1.54. The van der Waals surface area contributed by atoms with Gasteiger partial charge >= 0.3 is 5.97 Å². The summed E-state index contributed by atoms with van der Waals surface area (Å²) in [5.74, 6) is 0.348. The maximum atomic E-state index is 13.8. The Morgan fingerprint density at radius 2 is 1.64 bits per heavy atom. The second-order valence-corrected chi connectivity index (χ2v) is 9.71. The molecule has 4 atom stereocenters. The normalized spacial score (nSPS) is 23.0. The molecule has 1 amide bonds. The van der Waals surface area contributed by atoms with Crippen molar-refractivity contribution in [3.05, 3.63) is 94.0 Å². The van der Waals surface area contributed by atoms with Crippen LogP contribution in [-0.4, -0.2) is 31.1 Å². The third-order valence-electron chi connectivity index (χ3n) is 6.71. The molecule has 4 unspecified atom stereocenters. The Hall–Kier alpha value is -3.20. The summed E-state index contributed by atoms with van der Waals surface area (Å²) in [6, 6.07) is 22.4. The van der Waals surface area contributed by atoms with Gasteiger partial charge in [0.2, 0.25) is 5.91 Å². The average molecular weight is 550 g/mol. The van der Waals surface area contributed by atoms with E-state index in [4.69, 9.17) is 9.47 Å². The van der Waals surface area contributed by atoms with E-state index in [1.165, 1.54) is 0 Å². The number of halogens is 1. The molecule has 0 bridgehead atoms. The SMILES string of the molecule is CCOC(=O)c1ccc(N2C(=O)C3NNC(c4ccc(OCC)cc4)C3C2c2cccc(Br)c2)cc1. The first-order valence-corrected chi connectivity index (χ1v) is 12.9. The van der Waals surface area contributed by atoms with Gasteiger partial charge in [0.1, 0.15) is 11.8 Å². The molecule has 186 valence electrons. The fraction of sp³-hybridized carbons (Fsp3) is 0.286. The zero-order chi connectivity index (χ0) is 25.2. The summed E-state index contributed by atoms with van der Waals surface area (Å²) >= 11 is 3.60. The maximum absolute atomic E-state index is 13.8. The fourth-order valence-corrected chi connectivity index (χ4v) is 5.60. The number of nitrogens with zero attached hydrogens (tertiary/aromatic N) is 1. The summed E-state index contributed by atoms with van der Waals surface area (Å²) in [7, 11) is 0. The molecule has 0 aliphatic carbocycles. The summed E-state index contributed by atoms with van der Waals surface area (Å²) in [5.41, 5.74) is 9.93. The Labute approximate surface area is 218 Å². The second kappa shape index (κ2) is 10.4. The second-order valence-electron chi connectivity index (χ2n) is 8.80. The van der Waals surface area contributed by atoms with Crippen molar-refractivity contribution in [1.82, 2.24) is 10.9 Å². The van der Waals surface area contributed by atoms with Gasteiger partial charge < -0.3 is 14.4 Å². The number of hydrazine groups is 1. The highest BCUT2D eigenvalue weighted by Crippen LogP contribution is 2.49. The van der Waals surface area contributed by atoms with Crippen molar-refractivity contribution in [2.24, 2.45) is 5.92 Å². The smallest absolute Gasteiger partial charge is 0.338 e. The standard InChI is InChI=1S/C28H28BrN3O4/c1-3-35-22-14-10-17(11-15-22)24-23-25(31-30-24)27(33)32(26(23)19-6-5-7-20(29)16-19)21-12-8-18(9-13-21)28(34)36-4-2/h5-16,23-26,30-31H,3-4H2,1-2H3. The monoisotopic (exact) mass is 549 g/mol. The Bertz CT molecular complexity index is 1250. The van der Waals surface area contributed by atoms with E-state index in [-0.39, 0.29) is 29.9 Å². The molecule has 0 saturated carbocycles. The van der Waals surface area contributed by atoms with Crippen LogP contribution in [0.2, 0.25) is 0 Å². The third-order valence-corrected chi connectivity index (χ3v) is 7.20. The number of benzene rings is 3. The number of hydrogen-bond donors (Lipinski definition) is 2. The summed E-state index contributed by atoms with van der Waals surface area (Å²) in [6.45, 7) is 4.65. The highest BCUT2D eigenvalue weighted by atomic mass is 79.9. The van der Waals surface area contributed by atoms with Crippen molar-refractivity contribution in [3.8, 4) is 5.75 Å². The van der Waals surface area contributed by atoms with Gasteiger partial charge in [-0.1, -0.05) is 40.2 Å². The van der Waals surface area contributed by atoms with Crippen LogP contribution in [0.1, 0.15) is 47.4 Å². The number of nitrogens with one attached hydrogen (secondary N) is 2. The summed E-state index contributed by atoms with van der Waals surface area (Å²) in [6.07, 6.45) is 0. The highest BCUT2D eigenvalue weighted by molar-refractivity contribution is 9.10. The topological polar surface area (TPSA) is 79.9 Å². The molecule has 7 nitrogen and oxygen atoms in total. The predicted molar refractivity (Wildman–Crippen MR) is 141 cm³/mol. The molecule has 3 aromatic carbocycles. The predicted octanol–water partition coefficient (Wildman–Crippen LogP) is 4.95. The van der Waals surface area contributed by atoms with Crippen LogP contribution in [0.15, 0.2) is 77.3 Å².